The van der Waals surface area contributed by atoms with Gasteiger partial charge in [-0.05, 0) is 71.1 Å². The highest BCUT2D eigenvalue weighted by atomic mass is 16.6. The Balaban J connectivity index is 3.34. The summed E-state index contributed by atoms with van der Waals surface area (Å²) in [6, 6.07) is 4.46. The lowest BCUT2D eigenvalue weighted by atomic mass is 9.99. The van der Waals surface area contributed by atoms with Gasteiger partial charge in [0, 0.05) is 12.6 Å². The van der Waals surface area contributed by atoms with Crippen molar-refractivity contribution in [3.8, 4) is 5.75 Å². The number of hydrogen-bond donors (Lipinski definition) is 3. The van der Waals surface area contributed by atoms with E-state index in [0.29, 0.717) is 12.0 Å². The Morgan fingerprint density at radius 1 is 1.09 bits per heavy atom. The summed E-state index contributed by atoms with van der Waals surface area (Å²) in [6.07, 6.45) is 1.41. The third kappa shape index (κ3) is 9.61. The van der Waals surface area contributed by atoms with Crippen LogP contribution in [-0.4, -0.2) is 52.1 Å². The number of nitrogens with zero attached hydrogens (tertiary/aromatic N) is 1. The van der Waals surface area contributed by atoms with E-state index in [4.69, 9.17) is 4.74 Å². The molecule has 0 spiro atoms. The van der Waals surface area contributed by atoms with Gasteiger partial charge in [0.1, 0.15) is 23.4 Å². The molecule has 0 aliphatic heterocycles. The maximum atomic E-state index is 13.7. The minimum absolute atomic E-state index is 0.00557. The van der Waals surface area contributed by atoms with E-state index in [0.717, 1.165) is 12.8 Å². The quantitative estimate of drug-likeness (QED) is 0.434. The van der Waals surface area contributed by atoms with Crippen molar-refractivity contribution >= 4 is 17.9 Å². The molecule has 8 nitrogen and oxygen atoms in total. The van der Waals surface area contributed by atoms with Gasteiger partial charge >= 0.3 is 6.09 Å². The fraction of sp³-hybridized carbons (Fsp3) is 0.654. The van der Waals surface area contributed by atoms with Crippen molar-refractivity contribution in [2.45, 2.75) is 98.4 Å². The molecular weight excluding hydrogens is 434 g/mol. The van der Waals surface area contributed by atoms with Crippen LogP contribution in [0.3, 0.4) is 0 Å². The molecule has 3 N–H and O–H groups in total. The first kappa shape index (κ1) is 29.3. The molecule has 0 aliphatic carbocycles. The SMILES string of the molecule is CCCC(C)NC(=O)C(c1cccc(O)c1)N(CC)C(=O)C(CC(C)C)NC(=O)OC(C)(C)C. The molecule has 0 bridgehead atoms. The molecule has 1 aromatic carbocycles. The van der Waals surface area contributed by atoms with E-state index in [1.165, 1.54) is 17.0 Å². The molecule has 3 atom stereocenters. The van der Waals surface area contributed by atoms with E-state index < -0.39 is 23.8 Å². The van der Waals surface area contributed by atoms with Crippen LogP contribution < -0.4 is 10.6 Å². The zero-order valence-electron chi connectivity index (χ0n) is 22.0. The maximum Gasteiger partial charge on any atom is 0.408 e. The molecule has 34 heavy (non-hydrogen) atoms. The number of likely N-dealkylation sites (N-methyl/N-ethyl adjacent to an activating group) is 1. The third-order valence-corrected chi connectivity index (χ3v) is 5.18. The topological polar surface area (TPSA) is 108 Å². The highest BCUT2D eigenvalue weighted by Crippen LogP contribution is 2.26. The predicted molar refractivity (Wildman–Crippen MR) is 133 cm³/mol. The van der Waals surface area contributed by atoms with Crippen molar-refractivity contribution in [2.24, 2.45) is 5.92 Å². The van der Waals surface area contributed by atoms with Gasteiger partial charge in [0.2, 0.25) is 11.8 Å². The number of alkyl carbamates (subject to hydrolysis) is 1. The summed E-state index contributed by atoms with van der Waals surface area (Å²) in [7, 11) is 0. The van der Waals surface area contributed by atoms with Crippen LogP contribution in [0, 0.1) is 5.92 Å². The van der Waals surface area contributed by atoms with Crippen LogP contribution in [0.5, 0.6) is 5.75 Å². The van der Waals surface area contributed by atoms with Crippen LogP contribution in [-0.2, 0) is 14.3 Å². The van der Waals surface area contributed by atoms with Crippen LogP contribution in [0.1, 0.15) is 86.3 Å². The Labute approximate surface area is 204 Å². The number of nitrogens with one attached hydrogen (secondary N) is 2. The Morgan fingerprint density at radius 2 is 1.74 bits per heavy atom. The highest BCUT2D eigenvalue weighted by molar-refractivity contribution is 5.92. The van der Waals surface area contributed by atoms with Crippen molar-refractivity contribution in [1.29, 1.82) is 0 Å². The molecule has 0 aliphatic rings. The standard InChI is InChI=1S/C26H43N3O5/c1-9-12-18(5)27-23(31)22(19-13-11-14-20(30)16-19)29(10-2)24(32)21(15-17(3)4)28-25(33)34-26(6,7)8/h11,13-14,16-18,21-22,30H,9-10,12,15H2,1-8H3,(H,27,31)(H,28,33). The number of amides is 3. The molecule has 0 radical (unpaired) electrons. The van der Waals surface area contributed by atoms with Gasteiger partial charge in [-0.15, -0.1) is 0 Å². The average Bonchev–Trinajstić information content (AvgIpc) is 2.69. The highest BCUT2D eigenvalue weighted by Gasteiger charge is 2.36. The van der Waals surface area contributed by atoms with Crippen molar-refractivity contribution < 1.29 is 24.2 Å². The fourth-order valence-electron chi connectivity index (χ4n) is 3.80. The van der Waals surface area contributed by atoms with E-state index in [1.807, 2.05) is 27.7 Å². The number of benzene rings is 1. The van der Waals surface area contributed by atoms with E-state index in [1.54, 1.807) is 39.8 Å². The zero-order valence-corrected chi connectivity index (χ0v) is 22.0. The molecule has 3 amide bonds. The first-order valence-electron chi connectivity index (χ1n) is 12.2. The van der Waals surface area contributed by atoms with Crippen LogP contribution in [0.25, 0.3) is 0 Å². The Hall–Kier alpha value is -2.77. The molecule has 0 heterocycles. The van der Waals surface area contributed by atoms with Gasteiger partial charge in [0.15, 0.2) is 0 Å². The summed E-state index contributed by atoms with van der Waals surface area (Å²) in [5, 5.41) is 15.7. The lowest BCUT2D eigenvalue weighted by Crippen LogP contribution is -2.53. The smallest absolute Gasteiger partial charge is 0.408 e. The maximum absolute atomic E-state index is 13.7. The second kappa shape index (κ2) is 13.2. The first-order valence-corrected chi connectivity index (χ1v) is 12.2. The summed E-state index contributed by atoms with van der Waals surface area (Å²) >= 11 is 0. The monoisotopic (exact) mass is 477 g/mol. The average molecular weight is 478 g/mol. The number of hydrogen-bond acceptors (Lipinski definition) is 5. The Kier molecular flexibility index (Phi) is 11.4. The van der Waals surface area contributed by atoms with E-state index in [9.17, 15) is 19.5 Å². The number of phenolic OH excluding ortho intramolecular Hbond substituents is 1. The number of rotatable bonds is 11. The van der Waals surface area contributed by atoms with E-state index in [-0.39, 0.29) is 36.1 Å². The molecule has 8 heteroatoms. The fourth-order valence-corrected chi connectivity index (χ4v) is 3.80. The second-order valence-electron chi connectivity index (χ2n) is 10.1. The van der Waals surface area contributed by atoms with Gasteiger partial charge in [-0.2, -0.15) is 0 Å². The molecule has 1 aromatic rings. The van der Waals surface area contributed by atoms with Crippen LogP contribution in [0.2, 0.25) is 0 Å². The second-order valence-corrected chi connectivity index (χ2v) is 10.1. The normalized spacial score (nSPS) is 14.1. The summed E-state index contributed by atoms with van der Waals surface area (Å²) < 4.78 is 5.37. The molecule has 0 aromatic heterocycles. The van der Waals surface area contributed by atoms with Gasteiger partial charge in [0.25, 0.3) is 0 Å². The number of carbonyl (C=O) groups excluding carboxylic acids is 3. The summed E-state index contributed by atoms with van der Waals surface area (Å²) in [6.45, 7) is 15.2. The summed E-state index contributed by atoms with van der Waals surface area (Å²) in [5.74, 6) is -0.595. The third-order valence-electron chi connectivity index (χ3n) is 5.18. The van der Waals surface area contributed by atoms with Crippen LogP contribution in [0.15, 0.2) is 24.3 Å². The number of aromatic hydroxyl groups is 1. The van der Waals surface area contributed by atoms with Crippen molar-refractivity contribution in [2.75, 3.05) is 6.54 Å². The minimum atomic E-state index is -0.959. The van der Waals surface area contributed by atoms with Gasteiger partial charge in [-0.25, -0.2) is 4.79 Å². The largest absolute Gasteiger partial charge is 0.508 e. The molecule has 1 rings (SSSR count). The first-order chi connectivity index (χ1) is 15.8. The lowest BCUT2D eigenvalue weighted by molar-refractivity contribution is -0.142. The Bertz CT molecular complexity index is 819. The Morgan fingerprint density at radius 3 is 2.24 bits per heavy atom. The van der Waals surface area contributed by atoms with Gasteiger partial charge in [0.05, 0.1) is 0 Å². The van der Waals surface area contributed by atoms with Crippen molar-refractivity contribution in [1.82, 2.24) is 15.5 Å². The minimum Gasteiger partial charge on any atom is -0.508 e. The van der Waals surface area contributed by atoms with Gasteiger partial charge in [-0.3, -0.25) is 9.59 Å². The van der Waals surface area contributed by atoms with Crippen molar-refractivity contribution in [3.05, 3.63) is 29.8 Å². The summed E-state index contributed by atoms with van der Waals surface area (Å²) in [5.41, 5.74) is -0.212. The molecule has 3 unspecified atom stereocenters. The molecular formula is C26H43N3O5. The summed E-state index contributed by atoms with van der Waals surface area (Å²) in [4.78, 5) is 41.1. The van der Waals surface area contributed by atoms with Crippen LogP contribution in [0.4, 0.5) is 4.79 Å². The lowest BCUT2D eigenvalue weighted by Gasteiger charge is -2.34. The molecule has 0 fully saturated rings. The number of ether oxygens (including phenoxy) is 1. The number of carbonyl (C=O) groups is 3. The van der Waals surface area contributed by atoms with Crippen LogP contribution >= 0.6 is 0 Å². The molecule has 0 saturated heterocycles. The van der Waals surface area contributed by atoms with Gasteiger partial charge < -0.3 is 25.4 Å². The zero-order chi connectivity index (χ0) is 26.1. The molecule has 0 saturated carbocycles. The van der Waals surface area contributed by atoms with Gasteiger partial charge in [-0.1, -0.05) is 39.3 Å². The van der Waals surface area contributed by atoms with E-state index >= 15 is 0 Å². The molecule has 192 valence electrons. The van der Waals surface area contributed by atoms with Crippen molar-refractivity contribution in [3.63, 3.8) is 0 Å². The number of phenols is 1. The predicted octanol–water partition coefficient (Wildman–Crippen LogP) is 4.53. The van der Waals surface area contributed by atoms with E-state index in [2.05, 4.69) is 10.6 Å².